The molecule has 1 saturated carbocycles. The van der Waals surface area contributed by atoms with Gasteiger partial charge in [-0.2, -0.15) is 5.10 Å². The zero-order valence-electron chi connectivity index (χ0n) is 19.1. The Hall–Kier alpha value is -2.92. The van der Waals surface area contributed by atoms with Gasteiger partial charge in [0.15, 0.2) is 0 Å². The van der Waals surface area contributed by atoms with Gasteiger partial charge in [0, 0.05) is 36.8 Å². The summed E-state index contributed by atoms with van der Waals surface area (Å²) in [5, 5.41) is 7.88. The molecule has 1 saturated heterocycles. The minimum absolute atomic E-state index is 0. The van der Waals surface area contributed by atoms with E-state index < -0.39 is 36.5 Å². The number of carbonyl (C=O) groups is 1. The van der Waals surface area contributed by atoms with Gasteiger partial charge in [0.05, 0.1) is 23.2 Å². The first kappa shape index (κ1) is 26.2. The van der Waals surface area contributed by atoms with Crippen molar-refractivity contribution in [1.82, 2.24) is 14.8 Å². The van der Waals surface area contributed by atoms with E-state index in [9.17, 15) is 22.4 Å². The molecule has 7 nitrogen and oxygen atoms in total. The molecule has 1 aliphatic heterocycles. The number of anilines is 1. The molecule has 194 valence electrons. The van der Waals surface area contributed by atoms with Gasteiger partial charge in [0.2, 0.25) is 6.43 Å². The highest BCUT2D eigenvalue weighted by molar-refractivity contribution is 6.08. The first-order valence-electron chi connectivity index (χ1n) is 11.5. The molecule has 2 aliphatic rings. The molecule has 3 heterocycles. The number of hydrogen-bond acceptors (Lipinski definition) is 5. The smallest absolute Gasteiger partial charge is 0.280 e. The normalized spacial score (nSPS) is 20.3. The maximum Gasteiger partial charge on any atom is 0.280 e. The molecule has 0 atom stereocenters. The lowest BCUT2D eigenvalue weighted by Crippen LogP contribution is -2.37. The molecule has 5 rings (SSSR count). The van der Waals surface area contributed by atoms with Crippen LogP contribution in [0.1, 0.15) is 54.2 Å². The minimum Gasteiger partial charge on any atom is -0.489 e. The Morgan fingerprint density at radius 2 is 1.89 bits per heavy atom. The fourth-order valence-electron chi connectivity index (χ4n) is 4.40. The number of fused-ring (bicyclic) bond motifs is 1. The van der Waals surface area contributed by atoms with Crippen LogP contribution in [0.5, 0.6) is 5.75 Å². The third-order valence-corrected chi connectivity index (χ3v) is 6.45. The molecular formula is C24H25ClF4N4O3. The Morgan fingerprint density at radius 1 is 1.14 bits per heavy atom. The summed E-state index contributed by atoms with van der Waals surface area (Å²) >= 11 is 0. The standard InChI is InChI=1S/C24H24F4N4O3.ClH/c25-22(26)13-8-16(9-13)35-20-11-19-14(12-32(31-19)15-4-6-34-7-5-15)10-17(20)24(33)30-21-3-1-2-18(29-21)23(27)28;/h1-3,10-13,15-16,22-23H,4-9H2,(H,29,30,33);1H/t13-,16-;. The van der Waals surface area contributed by atoms with E-state index in [0.29, 0.717) is 24.1 Å². The summed E-state index contributed by atoms with van der Waals surface area (Å²) in [7, 11) is 0. The lowest BCUT2D eigenvalue weighted by Gasteiger charge is -2.35. The molecule has 2 fully saturated rings. The summed E-state index contributed by atoms with van der Waals surface area (Å²) in [4.78, 5) is 16.9. The van der Waals surface area contributed by atoms with Crippen LogP contribution in [0.25, 0.3) is 10.9 Å². The van der Waals surface area contributed by atoms with Crippen LogP contribution >= 0.6 is 12.4 Å². The van der Waals surface area contributed by atoms with Gasteiger partial charge >= 0.3 is 0 Å². The van der Waals surface area contributed by atoms with Crippen molar-refractivity contribution in [2.45, 2.75) is 50.7 Å². The Balaban J connectivity index is 0.00000304. The number of alkyl halides is 4. The van der Waals surface area contributed by atoms with Crippen LogP contribution in [-0.4, -0.2) is 46.4 Å². The molecule has 1 N–H and O–H groups in total. The lowest BCUT2D eigenvalue weighted by atomic mass is 9.82. The highest BCUT2D eigenvalue weighted by atomic mass is 35.5. The summed E-state index contributed by atoms with van der Waals surface area (Å²) in [6.45, 7) is 1.28. The van der Waals surface area contributed by atoms with Gasteiger partial charge in [0.1, 0.15) is 17.3 Å². The Bertz CT molecular complexity index is 1210. The van der Waals surface area contributed by atoms with Gasteiger partial charge in [-0.15, -0.1) is 12.4 Å². The summed E-state index contributed by atoms with van der Waals surface area (Å²) in [5.41, 5.74) is 0.291. The number of nitrogens with zero attached hydrogens (tertiary/aromatic N) is 3. The number of ether oxygens (including phenoxy) is 2. The SMILES string of the molecule is Cl.O=C(Nc1cccc(C(F)F)n1)c1cc2cn(C3CCOCC3)nc2cc1O[C@H]1C[C@H](C(F)F)C1. The average molecular weight is 529 g/mol. The van der Waals surface area contributed by atoms with Gasteiger partial charge in [-0.05, 0) is 43.9 Å². The van der Waals surface area contributed by atoms with E-state index in [0.717, 1.165) is 12.8 Å². The summed E-state index contributed by atoms with van der Waals surface area (Å²) in [6, 6.07) is 7.35. The zero-order chi connectivity index (χ0) is 24.5. The van der Waals surface area contributed by atoms with E-state index >= 15 is 0 Å². The van der Waals surface area contributed by atoms with Crippen LogP contribution in [0, 0.1) is 5.92 Å². The van der Waals surface area contributed by atoms with Crippen molar-refractivity contribution in [2.75, 3.05) is 18.5 Å². The second kappa shape index (κ2) is 11.0. The predicted molar refractivity (Wildman–Crippen MR) is 126 cm³/mol. The molecule has 3 aromatic rings. The summed E-state index contributed by atoms with van der Waals surface area (Å²) in [5.74, 6) is -1.16. The van der Waals surface area contributed by atoms with Crippen LogP contribution in [0.4, 0.5) is 23.4 Å². The molecule has 1 aliphatic carbocycles. The fraction of sp³-hybridized carbons (Fsp3) is 0.458. The predicted octanol–water partition coefficient (Wildman–Crippen LogP) is 5.82. The largest absolute Gasteiger partial charge is 0.489 e. The number of aromatic nitrogens is 3. The number of amides is 1. The Morgan fingerprint density at radius 3 is 2.58 bits per heavy atom. The third kappa shape index (κ3) is 5.57. The molecule has 0 bridgehead atoms. The van der Waals surface area contributed by atoms with Crippen molar-refractivity contribution in [3.63, 3.8) is 0 Å². The molecule has 0 spiro atoms. The first-order chi connectivity index (χ1) is 16.9. The van der Waals surface area contributed by atoms with Crippen LogP contribution in [0.15, 0.2) is 36.5 Å². The van der Waals surface area contributed by atoms with Crippen molar-refractivity contribution in [2.24, 2.45) is 5.92 Å². The van der Waals surface area contributed by atoms with Crippen molar-refractivity contribution in [3.05, 3.63) is 47.8 Å². The van der Waals surface area contributed by atoms with Gasteiger partial charge in [-0.1, -0.05) is 6.07 Å². The molecule has 1 amide bonds. The maximum atomic E-state index is 13.1. The topological polar surface area (TPSA) is 78.3 Å². The number of benzene rings is 1. The van der Waals surface area contributed by atoms with Crippen molar-refractivity contribution < 1.29 is 31.8 Å². The van der Waals surface area contributed by atoms with Crippen LogP contribution in [-0.2, 0) is 4.74 Å². The molecule has 0 unspecified atom stereocenters. The maximum absolute atomic E-state index is 13.1. The molecule has 0 radical (unpaired) electrons. The number of nitrogens with one attached hydrogen (secondary N) is 1. The number of halogens is 5. The number of hydrogen-bond donors (Lipinski definition) is 1. The monoisotopic (exact) mass is 528 g/mol. The second-order valence-electron chi connectivity index (χ2n) is 8.87. The fourth-order valence-corrected chi connectivity index (χ4v) is 4.40. The van der Waals surface area contributed by atoms with Crippen molar-refractivity contribution in [1.29, 1.82) is 0 Å². The zero-order valence-corrected chi connectivity index (χ0v) is 19.9. The highest BCUT2D eigenvalue weighted by Gasteiger charge is 2.37. The molecule has 36 heavy (non-hydrogen) atoms. The van der Waals surface area contributed by atoms with E-state index in [4.69, 9.17) is 9.47 Å². The lowest BCUT2D eigenvalue weighted by molar-refractivity contribution is -0.0330. The number of pyridine rings is 1. The third-order valence-electron chi connectivity index (χ3n) is 6.45. The number of carbonyl (C=O) groups excluding carboxylic acids is 1. The van der Waals surface area contributed by atoms with Crippen LogP contribution in [0.2, 0.25) is 0 Å². The first-order valence-corrected chi connectivity index (χ1v) is 11.5. The summed E-state index contributed by atoms with van der Waals surface area (Å²) in [6.07, 6.45) is -1.80. The minimum atomic E-state index is -2.78. The Labute approximate surface area is 210 Å². The van der Waals surface area contributed by atoms with Gasteiger partial charge in [-0.3, -0.25) is 9.48 Å². The van der Waals surface area contributed by atoms with Crippen molar-refractivity contribution >= 4 is 35.0 Å². The number of rotatable bonds is 7. The van der Waals surface area contributed by atoms with E-state index in [1.807, 2.05) is 10.9 Å². The van der Waals surface area contributed by atoms with E-state index in [1.54, 1.807) is 12.1 Å². The van der Waals surface area contributed by atoms with Gasteiger partial charge < -0.3 is 14.8 Å². The Kier molecular flexibility index (Phi) is 7.99. The van der Waals surface area contributed by atoms with E-state index in [-0.39, 0.29) is 48.4 Å². The van der Waals surface area contributed by atoms with Crippen molar-refractivity contribution in [3.8, 4) is 5.75 Å². The average Bonchev–Trinajstić information content (AvgIpc) is 3.24. The van der Waals surface area contributed by atoms with Gasteiger partial charge in [-0.25, -0.2) is 22.5 Å². The van der Waals surface area contributed by atoms with E-state index in [1.165, 1.54) is 18.2 Å². The highest BCUT2D eigenvalue weighted by Crippen LogP contribution is 2.37. The summed E-state index contributed by atoms with van der Waals surface area (Å²) < 4.78 is 65.1. The van der Waals surface area contributed by atoms with Crippen LogP contribution in [0.3, 0.4) is 0 Å². The molecule has 1 aromatic carbocycles. The van der Waals surface area contributed by atoms with E-state index in [2.05, 4.69) is 15.4 Å². The molecule has 12 heteroatoms. The van der Waals surface area contributed by atoms with Crippen LogP contribution < -0.4 is 10.1 Å². The molecule has 2 aromatic heterocycles. The van der Waals surface area contributed by atoms with Gasteiger partial charge in [0.25, 0.3) is 12.3 Å². The second-order valence-corrected chi connectivity index (χ2v) is 8.87. The molecular weight excluding hydrogens is 504 g/mol. The quantitative estimate of drug-likeness (QED) is 0.391.